The van der Waals surface area contributed by atoms with Crippen LogP contribution in [0.5, 0.6) is 0 Å². The number of aromatic amines is 1. The first kappa shape index (κ1) is 16.4. The van der Waals surface area contributed by atoms with Gasteiger partial charge in [-0.2, -0.15) is 13.2 Å². The number of H-pyrrole nitrogens is 1. The minimum absolute atomic E-state index is 0.0116. The second-order valence-corrected chi connectivity index (χ2v) is 5.82. The van der Waals surface area contributed by atoms with Gasteiger partial charge >= 0.3 is 6.18 Å². The van der Waals surface area contributed by atoms with Gasteiger partial charge in [-0.15, -0.1) is 0 Å². The number of aromatic nitrogens is 2. The number of hydrogen-bond acceptors (Lipinski definition) is 2. The summed E-state index contributed by atoms with van der Waals surface area (Å²) in [5, 5.41) is 2.32. The van der Waals surface area contributed by atoms with E-state index < -0.39 is 23.5 Å². The number of nitrogens with zero attached hydrogens (tertiary/aromatic N) is 1. The number of benzene rings is 2. The molecule has 4 nitrogen and oxygen atoms in total. The van der Waals surface area contributed by atoms with Gasteiger partial charge in [0.25, 0.3) is 5.91 Å². The third kappa shape index (κ3) is 3.25. The maximum Gasteiger partial charge on any atom is 0.416 e. The SMILES string of the molecule is O=C(Nc1nc2c(F)cc(Br)cc2[nH]1)c1cccc(C(F)(F)F)c1. The number of anilines is 1. The lowest BCUT2D eigenvalue weighted by Gasteiger charge is -2.08. The van der Waals surface area contributed by atoms with Crippen molar-refractivity contribution < 1.29 is 22.4 Å². The van der Waals surface area contributed by atoms with Gasteiger partial charge < -0.3 is 4.98 Å². The zero-order chi connectivity index (χ0) is 17.5. The van der Waals surface area contributed by atoms with Gasteiger partial charge in [-0.1, -0.05) is 22.0 Å². The predicted molar refractivity (Wildman–Crippen MR) is 83.1 cm³/mol. The number of carbonyl (C=O) groups is 1. The molecule has 2 N–H and O–H groups in total. The molecule has 0 fully saturated rings. The molecule has 0 saturated heterocycles. The van der Waals surface area contributed by atoms with Gasteiger partial charge in [0, 0.05) is 10.0 Å². The zero-order valence-electron chi connectivity index (χ0n) is 11.7. The molecule has 0 unspecified atom stereocenters. The highest BCUT2D eigenvalue weighted by atomic mass is 79.9. The first-order valence-electron chi connectivity index (χ1n) is 6.57. The van der Waals surface area contributed by atoms with Crippen molar-refractivity contribution in [1.29, 1.82) is 0 Å². The van der Waals surface area contributed by atoms with Gasteiger partial charge in [-0.3, -0.25) is 10.1 Å². The molecule has 1 heterocycles. The summed E-state index contributed by atoms with van der Waals surface area (Å²) in [6, 6.07) is 6.74. The fourth-order valence-electron chi connectivity index (χ4n) is 2.12. The third-order valence-corrected chi connectivity index (χ3v) is 3.65. The average molecular weight is 402 g/mol. The van der Waals surface area contributed by atoms with Crippen LogP contribution in [0.1, 0.15) is 15.9 Å². The molecule has 0 aliphatic rings. The molecule has 0 bridgehead atoms. The number of nitrogens with one attached hydrogen (secondary N) is 2. The molecular formula is C15H8BrF4N3O. The quantitative estimate of drug-likeness (QED) is 0.609. The summed E-state index contributed by atoms with van der Waals surface area (Å²) < 4.78 is 52.3. The summed E-state index contributed by atoms with van der Waals surface area (Å²) in [6.07, 6.45) is -4.55. The fraction of sp³-hybridized carbons (Fsp3) is 0.0667. The number of carbonyl (C=O) groups excluding carboxylic acids is 1. The van der Waals surface area contributed by atoms with Crippen molar-refractivity contribution in [3.8, 4) is 0 Å². The van der Waals surface area contributed by atoms with E-state index in [1.165, 1.54) is 12.1 Å². The van der Waals surface area contributed by atoms with Crippen LogP contribution in [0.2, 0.25) is 0 Å². The molecule has 0 aliphatic carbocycles. The van der Waals surface area contributed by atoms with Crippen LogP contribution < -0.4 is 5.32 Å². The Kier molecular flexibility index (Phi) is 4.04. The van der Waals surface area contributed by atoms with Crippen molar-refractivity contribution in [1.82, 2.24) is 9.97 Å². The standard InChI is InChI=1S/C15H8BrF4N3O/c16-9-5-10(17)12-11(6-9)21-14(22-12)23-13(24)7-2-1-3-8(4-7)15(18,19)20/h1-6H,(H2,21,22,23,24). The van der Waals surface area contributed by atoms with E-state index in [0.717, 1.165) is 18.2 Å². The van der Waals surface area contributed by atoms with Crippen molar-refractivity contribution in [3.63, 3.8) is 0 Å². The molecule has 0 radical (unpaired) electrons. The Bertz CT molecular complexity index is 936. The summed E-state index contributed by atoms with van der Waals surface area (Å²) in [4.78, 5) is 18.7. The van der Waals surface area contributed by atoms with Crippen LogP contribution in [0, 0.1) is 5.82 Å². The van der Waals surface area contributed by atoms with E-state index in [2.05, 4.69) is 31.2 Å². The molecule has 24 heavy (non-hydrogen) atoms. The predicted octanol–water partition coefficient (Wildman–Crippen LogP) is 4.74. The summed E-state index contributed by atoms with van der Waals surface area (Å²) in [5.41, 5.74) is -0.777. The fourth-order valence-corrected chi connectivity index (χ4v) is 2.55. The smallest absolute Gasteiger partial charge is 0.324 e. The Hall–Kier alpha value is -2.42. The third-order valence-electron chi connectivity index (χ3n) is 3.19. The van der Waals surface area contributed by atoms with Gasteiger partial charge in [0.2, 0.25) is 5.95 Å². The second kappa shape index (κ2) is 5.90. The second-order valence-electron chi connectivity index (χ2n) is 4.90. The molecule has 3 rings (SSSR count). The Morgan fingerprint density at radius 1 is 1.21 bits per heavy atom. The normalized spacial score (nSPS) is 11.7. The number of rotatable bonds is 2. The Balaban J connectivity index is 1.89. The molecule has 0 spiro atoms. The number of amides is 1. The summed E-state index contributed by atoms with van der Waals surface area (Å²) in [5.74, 6) is -1.46. The van der Waals surface area contributed by atoms with Crippen LogP contribution in [0.15, 0.2) is 40.9 Å². The molecule has 1 amide bonds. The molecule has 3 aromatic rings. The lowest BCUT2D eigenvalue weighted by Crippen LogP contribution is -2.14. The highest BCUT2D eigenvalue weighted by Gasteiger charge is 2.31. The minimum atomic E-state index is -4.55. The van der Waals surface area contributed by atoms with Gasteiger partial charge in [-0.05, 0) is 30.3 Å². The maximum atomic E-state index is 13.8. The van der Waals surface area contributed by atoms with Crippen molar-refractivity contribution in [2.45, 2.75) is 6.18 Å². The Morgan fingerprint density at radius 3 is 2.67 bits per heavy atom. The lowest BCUT2D eigenvalue weighted by molar-refractivity contribution is -0.137. The summed E-state index contributed by atoms with van der Waals surface area (Å²) in [7, 11) is 0. The lowest BCUT2D eigenvalue weighted by atomic mass is 10.1. The molecule has 0 saturated carbocycles. The van der Waals surface area contributed by atoms with Crippen LogP contribution in [0.3, 0.4) is 0 Å². The van der Waals surface area contributed by atoms with E-state index in [4.69, 9.17) is 0 Å². The molecule has 124 valence electrons. The van der Waals surface area contributed by atoms with Gasteiger partial charge in [0.1, 0.15) is 5.52 Å². The van der Waals surface area contributed by atoms with E-state index in [9.17, 15) is 22.4 Å². The highest BCUT2D eigenvalue weighted by molar-refractivity contribution is 9.10. The van der Waals surface area contributed by atoms with Crippen LogP contribution in [0.25, 0.3) is 11.0 Å². The largest absolute Gasteiger partial charge is 0.416 e. The highest BCUT2D eigenvalue weighted by Crippen LogP contribution is 2.29. The van der Waals surface area contributed by atoms with E-state index in [1.54, 1.807) is 6.07 Å². The summed E-state index contributed by atoms with van der Waals surface area (Å²) in [6.45, 7) is 0. The zero-order valence-corrected chi connectivity index (χ0v) is 13.3. The molecular weight excluding hydrogens is 394 g/mol. The monoisotopic (exact) mass is 401 g/mol. The van der Waals surface area contributed by atoms with Crippen LogP contribution in [-0.4, -0.2) is 15.9 Å². The summed E-state index contributed by atoms with van der Waals surface area (Å²) >= 11 is 3.12. The first-order valence-corrected chi connectivity index (χ1v) is 7.37. The van der Waals surface area contributed by atoms with E-state index in [0.29, 0.717) is 9.99 Å². The number of fused-ring (bicyclic) bond motifs is 1. The van der Waals surface area contributed by atoms with Crippen LogP contribution in [0.4, 0.5) is 23.5 Å². The van der Waals surface area contributed by atoms with Crippen molar-refractivity contribution in [2.75, 3.05) is 5.32 Å². The van der Waals surface area contributed by atoms with E-state index in [1.807, 2.05) is 0 Å². The van der Waals surface area contributed by atoms with Crippen LogP contribution in [-0.2, 0) is 6.18 Å². The molecule has 0 aliphatic heterocycles. The van der Waals surface area contributed by atoms with E-state index in [-0.39, 0.29) is 17.0 Å². The number of halogens is 5. The van der Waals surface area contributed by atoms with Crippen LogP contribution >= 0.6 is 15.9 Å². The molecule has 1 aromatic heterocycles. The number of hydrogen-bond donors (Lipinski definition) is 2. The minimum Gasteiger partial charge on any atom is -0.324 e. The first-order chi connectivity index (χ1) is 11.2. The van der Waals surface area contributed by atoms with Gasteiger partial charge in [0.05, 0.1) is 11.1 Å². The molecule has 2 aromatic carbocycles. The topological polar surface area (TPSA) is 57.8 Å². The van der Waals surface area contributed by atoms with Crippen molar-refractivity contribution >= 4 is 38.8 Å². The van der Waals surface area contributed by atoms with Gasteiger partial charge in [0.15, 0.2) is 5.82 Å². The molecule has 0 atom stereocenters. The number of imidazole rings is 1. The maximum absolute atomic E-state index is 13.8. The Morgan fingerprint density at radius 2 is 1.96 bits per heavy atom. The average Bonchev–Trinajstić information content (AvgIpc) is 2.89. The van der Waals surface area contributed by atoms with Crippen molar-refractivity contribution in [3.05, 3.63) is 57.8 Å². The Labute approximate surface area is 141 Å². The van der Waals surface area contributed by atoms with Gasteiger partial charge in [-0.25, -0.2) is 9.37 Å². The van der Waals surface area contributed by atoms with Crippen molar-refractivity contribution in [2.24, 2.45) is 0 Å². The molecule has 9 heteroatoms. The van der Waals surface area contributed by atoms with E-state index >= 15 is 0 Å². The number of alkyl halides is 3.